The number of aromatic hydroxyl groups is 1. The number of aliphatic carboxylic acids is 1. The van der Waals surface area contributed by atoms with Gasteiger partial charge in [-0.25, -0.2) is 4.79 Å². The second-order valence-electron chi connectivity index (χ2n) is 6.57. The van der Waals surface area contributed by atoms with Gasteiger partial charge < -0.3 is 43.2 Å². The normalized spacial score (nSPS) is 13.5. The van der Waals surface area contributed by atoms with Gasteiger partial charge in [-0.15, -0.1) is 0 Å². The van der Waals surface area contributed by atoms with Crippen LogP contribution in [0.2, 0.25) is 0 Å². The van der Waals surface area contributed by atoms with Crippen molar-refractivity contribution in [2.24, 2.45) is 22.2 Å². The Balaban J connectivity index is 2.84. The first-order chi connectivity index (χ1) is 14.1. The van der Waals surface area contributed by atoms with Gasteiger partial charge in [-0.05, 0) is 30.5 Å². The Morgan fingerprint density at radius 1 is 1.03 bits per heavy atom. The van der Waals surface area contributed by atoms with Gasteiger partial charge in [0.25, 0.3) is 0 Å². The third-order valence-corrected chi connectivity index (χ3v) is 4.11. The van der Waals surface area contributed by atoms with Gasteiger partial charge in [-0.3, -0.25) is 14.6 Å². The smallest absolute Gasteiger partial charge is 0.328 e. The van der Waals surface area contributed by atoms with E-state index >= 15 is 0 Å². The fraction of sp³-hybridized carbons (Fsp3) is 0.444. The number of rotatable bonds is 12. The highest BCUT2D eigenvalue weighted by Crippen LogP contribution is 2.12. The molecule has 12 heteroatoms. The van der Waals surface area contributed by atoms with E-state index in [0.717, 1.165) is 0 Å². The lowest BCUT2D eigenvalue weighted by molar-refractivity contribution is -0.143. The number of carbonyl (C=O) groups is 3. The van der Waals surface area contributed by atoms with Gasteiger partial charge in [0.05, 0.1) is 12.6 Å². The topological polar surface area (TPSA) is 226 Å². The summed E-state index contributed by atoms with van der Waals surface area (Å²) in [6, 6.07) is 2.31. The zero-order valence-electron chi connectivity index (χ0n) is 16.3. The van der Waals surface area contributed by atoms with Crippen LogP contribution in [0.1, 0.15) is 18.4 Å². The second-order valence-corrected chi connectivity index (χ2v) is 6.57. The van der Waals surface area contributed by atoms with Gasteiger partial charge in [-0.1, -0.05) is 12.1 Å². The third-order valence-electron chi connectivity index (χ3n) is 4.11. The van der Waals surface area contributed by atoms with Gasteiger partial charge in [0.15, 0.2) is 5.96 Å². The van der Waals surface area contributed by atoms with E-state index in [4.69, 9.17) is 27.4 Å². The molecule has 0 aliphatic rings. The molecular formula is C18H28N6O6. The molecule has 3 atom stereocenters. The van der Waals surface area contributed by atoms with Crippen molar-refractivity contribution < 1.29 is 29.7 Å². The molecule has 0 unspecified atom stereocenters. The Morgan fingerprint density at radius 2 is 1.63 bits per heavy atom. The number of hydrogen-bond donors (Lipinski definition) is 8. The summed E-state index contributed by atoms with van der Waals surface area (Å²) in [4.78, 5) is 39.8. The van der Waals surface area contributed by atoms with Crippen molar-refractivity contribution >= 4 is 23.7 Å². The Morgan fingerprint density at radius 3 is 2.17 bits per heavy atom. The van der Waals surface area contributed by atoms with Crippen LogP contribution in [0.5, 0.6) is 5.75 Å². The molecule has 0 aliphatic heterocycles. The number of nitrogens with one attached hydrogen (secondary N) is 2. The molecule has 0 spiro atoms. The molecular weight excluding hydrogens is 396 g/mol. The number of carboxylic acids is 1. The molecule has 0 fully saturated rings. The van der Waals surface area contributed by atoms with E-state index < -0.39 is 42.5 Å². The minimum atomic E-state index is -1.52. The predicted molar refractivity (Wildman–Crippen MR) is 108 cm³/mol. The number of carboxylic acid groups (broad SMARTS) is 1. The maximum Gasteiger partial charge on any atom is 0.328 e. The first-order valence-electron chi connectivity index (χ1n) is 9.17. The van der Waals surface area contributed by atoms with E-state index in [1.807, 2.05) is 0 Å². The molecule has 0 bridgehead atoms. The zero-order valence-corrected chi connectivity index (χ0v) is 16.3. The van der Waals surface area contributed by atoms with Crippen LogP contribution in [0.25, 0.3) is 0 Å². The first kappa shape index (κ1) is 24.7. The summed E-state index contributed by atoms with van der Waals surface area (Å²) in [5, 5.41) is 32.2. The Labute approximate surface area is 173 Å². The number of nitrogens with zero attached hydrogens (tertiary/aromatic N) is 1. The second kappa shape index (κ2) is 12.2. The van der Waals surface area contributed by atoms with Crippen LogP contribution in [0, 0.1) is 0 Å². The maximum atomic E-state index is 12.5. The first-order valence-corrected chi connectivity index (χ1v) is 9.17. The number of benzene rings is 1. The molecule has 0 radical (unpaired) electrons. The number of aliphatic hydroxyl groups is 1. The number of hydrogen-bond acceptors (Lipinski definition) is 7. The highest BCUT2D eigenvalue weighted by Gasteiger charge is 2.27. The van der Waals surface area contributed by atoms with Gasteiger partial charge >= 0.3 is 5.97 Å². The molecule has 12 nitrogen and oxygen atoms in total. The maximum absolute atomic E-state index is 12.5. The van der Waals surface area contributed by atoms with Crippen LogP contribution in [0.4, 0.5) is 0 Å². The third kappa shape index (κ3) is 8.75. The average molecular weight is 424 g/mol. The average Bonchev–Trinajstić information content (AvgIpc) is 2.69. The van der Waals surface area contributed by atoms with Crippen molar-refractivity contribution in [2.45, 2.75) is 37.4 Å². The zero-order chi connectivity index (χ0) is 22.7. The number of phenols is 1. The van der Waals surface area contributed by atoms with E-state index in [9.17, 15) is 19.5 Å². The van der Waals surface area contributed by atoms with Crippen molar-refractivity contribution in [2.75, 3.05) is 13.2 Å². The van der Waals surface area contributed by atoms with Crippen molar-refractivity contribution in [1.82, 2.24) is 10.6 Å². The number of nitrogens with two attached hydrogens (primary N) is 3. The molecule has 0 saturated carbocycles. The van der Waals surface area contributed by atoms with Crippen molar-refractivity contribution in [3.63, 3.8) is 0 Å². The van der Waals surface area contributed by atoms with Crippen molar-refractivity contribution in [1.29, 1.82) is 0 Å². The van der Waals surface area contributed by atoms with E-state index in [1.165, 1.54) is 12.1 Å². The summed E-state index contributed by atoms with van der Waals surface area (Å²) in [5.74, 6) is -2.88. The van der Waals surface area contributed by atoms with E-state index in [1.54, 1.807) is 12.1 Å². The van der Waals surface area contributed by atoms with Crippen LogP contribution < -0.4 is 27.8 Å². The lowest BCUT2D eigenvalue weighted by atomic mass is 10.0. The summed E-state index contributed by atoms with van der Waals surface area (Å²) in [6.07, 6.45) is 0.702. The molecule has 2 amide bonds. The minimum absolute atomic E-state index is 0.0103. The summed E-state index contributed by atoms with van der Waals surface area (Å²) in [6.45, 7) is -0.525. The minimum Gasteiger partial charge on any atom is -0.508 e. The number of aliphatic imine (C=N–C) groups is 1. The lowest BCUT2D eigenvalue weighted by Crippen LogP contribution is -2.55. The Bertz CT molecular complexity index is 750. The summed E-state index contributed by atoms with van der Waals surface area (Å²) in [7, 11) is 0. The van der Waals surface area contributed by atoms with E-state index in [2.05, 4.69) is 15.6 Å². The van der Waals surface area contributed by atoms with Crippen LogP contribution in [0.3, 0.4) is 0 Å². The summed E-state index contributed by atoms with van der Waals surface area (Å²) < 4.78 is 0. The fourth-order valence-electron chi connectivity index (χ4n) is 2.46. The fourth-order valence-corrected chi connectivity index (χ4v) is 2.46. The van der Waals surface area contributed by atoms with Crippen LogP contribution >= 0.6 is 0 Å². The molecule has 11 N–H and O–H groups in total. The molecule has 1 rings (SSSR count). The Kier molecular flexibility index (Phi) is 10.1. The van der Waals surface area contributed by atoms with Gasteiger partial charge in [0.1, 0.15) is 17.8 Å². The molecule has 0 aromatic heterocycles. The predicted octanol–water partition coefficient (Wildman–Crippen LogP) is -2.64. The van der Waals surface area contributed by atoms with E-state index in [0.29, 0.717) is 12.0 Å². The molecule has 0 aliphatic carbocycles. The van der Waals surface area contributed by atoms with Gasteiger partial charge in [0.2, 0.25) is 11.8 Å². The molecule has 1 aromatic rings. The number of phenolic OH excluding ortho intramolecular Hbond substituents is 1. The summed E-state index contributed by atoms with van der Waals surface area (Å²) in [5.41, 5.74) is 16.9. The van der Waals surface area contributed by atoms with Crippen molar-refractivity contribution in [3.05, 3.63) is 29.8 Å². The lowest BCUT2D eigenvalue weighted by Gasteiger charge is -2.22. The summed E-state index contributed by atoms with van der Waals surface area (Å²) >= 11 is 0. The molecule has 1 aromatic carbocycles. The van der Waals surface area contributed by atoms with Gasteiger partial charge in [0, 0.05) is 13.0 Å². The molecule has 0 saturated heterocycles. The highest BCUT2D eigenvalue weighted by atomic mass is 16.4. The standard InChI is InChI=1S/C18H28N6O6/c19-12(2-1-7-22-18(20)21)15(27)23-13(8-10-3-5-11(26)6-4-10)16(28)24-14(9-25)17(29)30/h3-6,12-14,25-26H,1-2,7-9,19H2,(H,23,27)(H,24,28)(H,29,30)(H4,20,21,22)/t12-,13-,14-/m0/s1. The number of guanidine groups is 1. The number of carbonyl (C=O) groups excluding carboxylic acids is 2. The van der Waals surface area contributed by atoms with Crippen molar-refractivity contribution in [3.8, 4) is 5.75 Å². The number of amides is 2. The number of aliphatic hydroxyl groups excluding tert-OH is 1. The quantitative estimate of drug-likeness (QED) is 0.0995. The molecule has 30 heavy (non-hydrogen) atoms. The molecule has 166 valence electrons. The Hall–Kier alpha value is -3.38. The van der Waals surface area contributed by atoms with Crippen LogP contribution in [-0.4, -0.2) is 70.3 Å². The van der Waals surface area contributed by atoms with Crippen LogP contribution in [-0.2, 0) is 20.8 Å². The SMILES string of the molecule is NC(N)=NCCC[C@H](N)C(=O)N[C@@H](Cc1ccc(O)cc1)C(=O)N[C@@H](CO)C(=O)O. The largest absolute Gasteiger partial charge is 0.508 e. The highest BCUT2D eigenvalue weighted by molar-refractivity contribution is 5.92. The molecule has 0 heterocycles. The van der Waals surface area contributed by atoms with E-state index in [-0.39, 0.29) is 31.1 Å². The van der Waals surface area contributed by atoms with Crippen LogP contribution in [0.15, 0.2) is 29.3 Å². The van der Waals surface area contributed by atoms with Gasteiger partial charge in [-0.2, -0.15) is 0 Å². The monoisotopic (exact) mass is 424 g/mol.